The molecule has 2 atom stereocenters. The minimum absolute atomic E-state index is 0.0101. The van der Waals surface area contributed by atoms with Crippen molar-refractivity contribution in [1.29, 1.82) is 0 Å². The first-order chi connectivity index (χ1) is 10.8. The van der Waals surface area contributed by atoms with E-state index in [2.05, 4.69) is 4.90 Å². The molecule has 1 amide bonds. The number of hydrogen-bond acceptors (Lipinski definition) is 2. The summed E-state index contributed by atoms with van der Waals surface area (Å²) >= 11 is 0. The van der Waals surface area contributed by atoms with E-state index < -0.39 is 11.7 Å². The van der Waals surface area contributed by atoms with E-state index in [0.717, 1.165) is 37.3 Å². The van der Waals surface area contributed by atoms with Crippen LogP contribution in [-0.4, -0.2) is 41.4 Å². The van der Waals surface area contributed by atoms with Crippen molar-refractivity contribution >= 4 is 5.91 Å². The average Bonchev–Trinajstić information content (AvgIpc) is 2.81. The van der Waals surface area contributed by atoms with Crippen LogP contribution in [0.1, 0.15) is 25.0 Å². The Labute approximate surface area is 134 Å². The maximum absolute atomic E-state index is 12.6. The molecule has 3 rings (SSSR count). The molecule has 2 unspecified atom stereocenters. The second-order valence-electron chi connectivity index (χ2n) is 6.85. The third kappa shape index (κ3) is 3.22. The lowest BCUT2D eigenvalue weighted by molar-refractivity contribution is -0.137. The highest BCUT2D eigenvalue weighted by atomic mass is 19.4. The van der Waals surface area contributed by atoms with E-state index in [1.807, 2.05) is 18.7 Å². The van der Waals surface area contributed by atoms with Gasteiger partial charge in [0, 0.05) is 44.1 Å². The van der Waals surface area contributed by atoms with Crippen LogP contribution < -0.4 is 0 Å². The Hall–Kier alpha value is -1.56. The maximum Gasteiger partial charge on any atom is 0.416 e. The molecule has 6 heteroatoms. The van der Waals surface area contributed by atoms with Crippen molar-refractivity contribution in [2.45, 2.75) is 32.6 Å². The molecule has 0 saturated carbocycles. The Morgan fingerprint density at radius 3 is 2.39 bits per heavy atom. The molecular formula is C17H21F3N2O. The highest BCUT2D eigenvalue weighted by Gasteiger charge is 2.46. The molecule has 0 spiro atoms. The number of benzene rings is 1. The smallest absolute Gasteiger partial charge is 0.341 e. The van der Waals surface area contributed by atoms with Crippen molar-refractivity contribution in [1.82, 2.24) is 9.80 Å². The van der Waals surface area contributed by atoms with Crippen LogP contribution in [-0.2, 0) is 17.5 Å². The summed E-state index contributed by atoms with van der Waals surface area (Å²) in [5.41, 5.74) is 0.266. The van der Waals surface area contributed by atoms with Gasteiger partial charge in [-0.2, -0.15) is 13.2 Å². The largest absolute Gasteiger partial charge is 0.416 e. The van der Waals surface area contributed by atoms with Crippen molar-refractivity contribution in [2.75, 3.05) is 19.6 Å². The van der Waals surface area contributed by atoms with Crippen molar-refractivity contribution in [3.05, 3.63) is 35.4 Å². The molecule has 126 valence electrons. The number of alkyl halides is 3. The van der Waals surface area contributed by atoms with Gasteiger partial charge in [-0.1, -0.05) is 26.0 Å². The van der Waals surface area contributed by atoms with Gasteiger partial charge in [-0.15, -0.1) is 0 Å². The first-order valence-corrected chi connectivity index (χ1v) is 7.94. The second kappa shape index (κ2) is 5.82. The SMILES string of the molecule is CC(C)C(=O)N1CC2CN(Cc3ccc(C(F)(F)F)cc3)C2C1. The number of amides is 1. The summed E-state index contributed by atoms with van der Waals surface area (Å²) in [6.07, 6.45) is -4.29. The molecule has 2 saturated heterocycles. The standard InChI is InChI=1S/C17H21F3N2O/c1-11(2)16(23)22-9-13-8-21(15(13)10-22)7-12-3-5-14(6-4-12)17(18,19)20/h3-6,11,13,15H,7-10H2,1-2H3. The van der Waals surface area contributed by atoms with Crippen LogP contribution in [0.25, 0.3) is 0 Å². The van der Waals surface area contributed by atoms with E-state index in [1.165, 1.54) is 0 Å². The fourth-order valence-corrected chi connectivity index (χ4v) is 3.51. The highest BCUT2D eigenvalue weighted by Crippen LogP contribution is 2.35. The predicted octanol–water partition coefficient (Wildman–Crippen LogP) is 3.00. The molecule has 0 radical (unpaired) electrons. The fraction of sp³-hybridized carbons (Fsp3) is 0.588. The molecule has 0 N–H and O–H groups in total. The number of carbonyl (C=O) groups excluding carboxylic acids is 1. The number of likely N-dealkylation sites (tertiary alicyclic amines) is 2. The van der Waals surface area contributed by atoms with Crippen LogP contribution in [0.2, 0.25) is 0 Å². The molecule has 2 aliphatic rings. The Morgan fingerprint density at radius 2 is 1.83 bits per heavy atom. The number of hydrogen-bond donors (Lipinski definition) is 0. The second-order valence-corrected chi connectivity index (χ2v) is 6.85. The van der Waals surface area contributed by atoms with E-state index >= 15 is 0 Å². The molecule has 2 aliphatic heterocycles. The Kier molecular flexibility index (Phi) is 4.12. The molecule has 2 fully saturated rings. The lowest BCUT2D eigenvalue weighted by Gasteiger charge is -2.43. The quantitative estimate of drug-likeness (QED) is 0.852. The maximum atomic E-state index is 12.6. The van der Waals surface area contributed by atoms with Crippen molar-refractivity contribution in [2.24, 2.45) is 11.8 Å². The van der Waals surface area contributed by atoms with Gasteiger partial charge in [0.1, 0.15) is 0 Å². The van der Waals surface area contributed by atoms with Gasteiger partial charge in [0.05, 0.1) is 5.56 Å². The van der Waals surface area contributed by atoms with Gasteiger partial charge in [-0.3, -0.25) is 9.69 Å². The van der Waals surface area contributed by atoms with Crippen molar-refractivity contribution in [3.63, 3.8) is 0 Å². The topological polar surface area (TPSA) is 23.6 Å². The van der Waals surface area contributed by atoms with E-state index in [4.69, 9.17) is 0 Å². The molecule has 0 aromatic heterocycles. The van der Waals surface area contributed by atoms with Gasteiger partial charge < -0.3 is 4.90 Å². The third-order valence-electron chi connectivity index (χ3n) is 4.82. The summed E-state index contributed by atoms with van der Waals surface area (Å²) in [7, 11) is 0. The minimum Gasteiger partial charge on any atom is -0.341 e. The number of nitrogens with zero attached hydrogens (tertiary/aromatic N) is 2. The fourth-order valence-electron chi connectivity index (χ4n) is 3.51. The van der Waals surface area contributed by atoms with Gasteiger partial charge in [0.25, 0.3) is 0 Å². The molecule has 23 heavy (non-hydrogen) atoms. The van der Waals surface area contributed by atoms with E-state index in [1.54, 1.807) is 12.1 Å². The number of halogens is 3. The van der Waals surface area contributed by atoms with Crippen LogP contribution in [0.3, 0.4) is 0 Å². The Balaban J connectivity index is 1.58. The summed E-state index contributed by atoms with van der Waals surface area (Å²) in [6.45, 7) is 6.91. The number of fused-ring (bicyclic) bond motifs is 1. The van der Waals surface area contributed by atoms with Gasteiger partial charge in [-0.05, 0) is 17.7 Å². The van der Waals surface area contributed by atoms with Crippen molar-refractivity contribution < 1.29 is 18.0 Å². The Morgan fingerprint density at radius 1 is 1.17 bits per heavy atom. The van der Waals surface area contributed by atoms with Gasteiger partial charge in [0.2, 0.25) is 5.91 Å². The first kappa shape index (κ1) is 16.3. The zero-order valence-electron chi connectivity index (χ0n) is 13.3. The summed E-state index contributed by atoms with van der Waals surface area (Å²) in [5, 5.41) is 0. The van der Waals surface area contributed by atoms with Crippen molar-refractivity contribution in [3.8, 4) is 0 Å². The number of rotatable bonds is 3. The van der Waals surface area contributed by atoms with E-state index in [-0.39, 0.29) is 11.8 Å². The normalized spacial score (nSPS) is 24.7. The predicted molar refractivity (Wildman–Crippen MR) is 80.6 cm³/mol. The molecule has 3 nitrogen and oxygen atoms in total. The van der Waals surface area contributed by atoms with Crippen LogP contribution in [0.15, 0.2) is 24.3 Å². The monoisotopic (exact) mass is 326 g/mol. The zero-order chi connectivity index (χ0) is 16.8. The Bertz CT molecular complexity index is 582. The number of carbonyl (C=O) groups is 1. The molecule has 1 aromatic rings. The molecule has 2 heterocycles. The van der Waals surface area contributed by atoms with Crippen LogP contribution >= 0.6 is 0 Å². The third-order valence-corrected chi connectivity index (χ3v) is 4.82. The van der Waals surface area contributed by atoms with Gasteiger partial charge in [-0.25, -0.2) is 0 Å². The highest BCUT2D eigenvalue weighted by molar-refractivity contribution is 5.78. The van der Waals surface area contributed by atoms with Gasteiger partial charge >= 0.3 is 6.18 Å². The summed E-state index contributed by atoms with van der Waals surface area (Å²) < 4.78 is 37.7. The van der Waals surface area contributed by atoms with Crippen LogP contribution in [0.5, 0.6) is 0 Å². The summed E-state index contributed by atoms with van der Waals surface area (Å²) in [6, 6.07) is 5.70. The summed E-state index contributed by atoms with van der Waals surface area (Å²) in [4.78, 5) is 16.2. The van der Waals surface area contributed by atoms with E-state index in [0.29, 0.717) is 18.5 Å². The lowest BCUT2D eigenvalue weighted by atomic mass is 9.91. The van der Waals surface area contributed by atoms with Gasteiger partial charge in [0.15, 0.2) is 0 Å². The molecular weight excluding hydrogens is 305 g/mol. The minimum atomic E-state index is -4.29. The molecule has 1 aromatic carbocycles. The van der Waals surface area contributed by atoms with E-state index in [9.17, 15) is 18.0 Å². The van der Waals surface area contributed by atoms with Crippen LogP contribution in [0.4, 0.5) is 13.2 Å². The lowest BCUT2D eigenvalue weighted by Crippen LogP contribution is -2.54. The summed E-state index contributed by atoms with van der Waals surface area (Å²) in [5.74, 6) is 0.705. The zero-order valence-corrected chi connectivity index (χ0v) is 13.3. The van der Waals surface area contributed by atoms with Crippen LogP contribution in [0, 0.1) is 11.8 Å². The molecule has 0 bridgehead atoms. The average molecular weight is 326 g/mol. The molecule has 0 aliphatic carbocycles. The first-order valence-electron chi connectivity index (χ1n) is 7.94.